The van der Waals surface area contributed by atoms with Crippen LogP contribution in [0.25, 0.3) is 9.88 Å². The van der Waals surface area contributed by atoms with Crippen molar-refractivity contribution in [2.45, 2.75) is 19.9 Å². The second-order valence-electron chi connectivity index (χ2n) is 3.15. The molecule has 1 N–H and O–H groups in total. The minimum absolute atomic E-state index is 0.795. The van der Waals surface area contributed by atoms with Crippen LogP contribution in [0, 0.1) is 0 Å². The second-order valence-corrected chi connectivity index (χ2v) is 5.38. The van der Waals surface area contributed by atoms with Gasteiger partial charge >= 0.3 is 0 Å². The number of hydrogen-bond acceptors (Lipinski definition) is 5. The van der Waals surface area contributed by atoms with Crippen LogP contribution in [0.3, 0.4) is 0 Å². The molecule has 2 heterocycles. The van der Waals surface area contributed by atoms with Crippen molar-refractivity contribution in [2.75, 3.05) is 7.05 Å². The molecule has 0 unspecified atom stereocenters. The molecule has 15 heavy (non-hydrogen) atoms. The number of rotatable bonds is 4. The van der Waals surface area contributed by atoms with Gasteiger partial charge in [-0.1, -0.05) is 18.3 Å². The van der Waals surface area contributed by atoms with Crippen LogP contribution < -0.4 is 5.32 Å². The molecule has 0 atom stereocenters. The van der Waals surface area contributed by atoms with Gasteiger partial charge in [0.1, 0.15) is 5.01 Å². The summed E-state index contributed by atoms with van der Waals surface area (Å²) in [6.45, 7) is 2.96. The van der Waals surface area contributed by atoms with Gasteiger partial charge in [0.25, 0.3) is 0 Å². The minimum Gasteiger partial charge on any atom is -0.313 e. The first-order chi connectivity index (χ1) is 7.33. The number of nitrogens with zero attached hydrogens (tertiary/aromatic N) is 2. The Morgan fingerprint density at radius 1 is 1.27 bits per heavy atom. The predicted molar refractivity (Wildman–Crippen MR) is 65.4 cm³/mol. The van der Waals surface area contributed by atoms with Crippen molar-refractivity contribution in [3.8, 4) is 9.88 Å². The summed E-state index contributed by atoms with van der Waals surface area (Å²) >= 11 is 3.46. The van der Waals surface area contributed by atoms with Gasteiger partial charge in [0.05, 0.1) is 4.88 Å². The van der Waals surface area contributed by atoms with Crippen LogP contribution in [0.5, 0.6) is 0 Å². The lowest BCUT2D eigenvalue weighted by Crippen LogP contribution is -2.04. The van der Waals surface area contributed by atoms with Crippen LogP contribution in [-0.4, -0.2) is 17.2 Å². The first-order valence-corrected chi connectivity index (χ1v) is 6.53. The van der Waals surface area contributed by atoms with Gasteiger partial charge < -0.3 is 5.32 Å². The highest BCUT2D eigenvalue weighted by Gasteiger charge is 2.08. The summed E-state index contributed by atoms with van der Waals surface area (Å²) in [6.07, 6.45) is 1.09. The Kier molecular flexibility index (Phi) is 3.45. The number of aryl methyl sites for hydroxylation is 1. The topological polar surface area (TPSA) is 37.8 Å². The number of nitrogens with one attached hydrogen (secondary N) is 1. The average molecular weight is 239 g/mol. The molecule has 2 aromatic rings. The van der Waals surface area contributed by atoms with E-state index < -0.39 is 0 Å². The lowest BCUT2D eigenvalue weighted by atomic mass is 10.4. The standard InChI is InChI=1S/C10H13N3S2/c1-3-7-4-5-8(14-7)10-13-12-9(15-10)6-11-2/h4-5,11H,3,6H2,1-2H3. The SMILES string of the molecule is CCc1ccc(-c2nnc(CNC)s2)s1. The van der Waals surface area contributed by atoms with E-state index in [2.05, 4.69) is 34.6 Å². The summed E-state index contributed by atoms with van der Waals surface area (Å²) in [4.78, 5) is 2.63. The maximum atomic E-state index is 4.19. The van der Waals surface area contributed by atoms with Crippen LogP contribution in [0.4, 0.5) is 0 Å². The third-order valence-corrected chi connectivity index (χ3v) is 4.34. The van der Waals surface area contributed by atoms with Crippen molar-refractivity contribution in [2.24, 2.45) is 0 Å². The van der Waals surface area contributed by atoms with E-state index in [-0.39, 0.29) is 0 Å². The van der Waals surface area contributed by atoms with E-state index in [1.54, 1.807) is 22.7 Å². The number of hydrogen-bond donors (Lipinski definition) is 1. The lowest BCUT2D eigenvalue weighted by molar-refractivity contribution is 0.795. The van der Waals surface area contributed by atoms with E-state index in [0.717, 1.165) is 23.0 Å². The summed E-state index contributed by atoms with van der Waals surface area (Å²) in [5.74, 6) is 0. The highest BCUT2D eigenvalue weighted by atomic mass is 32.1. The molecule has 0 aliphatic heterocycles. The predicted octanol–water partition coefficient (Wildman–Crippen LogP) is 2.55. The lowest BCUT2D eigenvalue weighted by Gasteiger charge is -1.88. The third-order valence-electron chi connectivity index (χ3n) is 2.02. The van der Waals surface area contributed by atoms with Gasteiger partial charge in [-0.3, -0.25) is 0 Å². The Morgan fingerprint density at radius 3 is 2.80 bits per heavy atom. The zero-order chi connectivity index (χ0) is 10.7. The Morgan fingerprint density at radius 2 is 2.13 bits per heavy atom. The Bertz CT molecular complexity index is 433. The summed E-state index contributed by atoms with van der Waals surface area (Å²) in [6, 6.07) is 4.30. The highest BCUT2D eigenvalue weighted by molar-refractivity contribution is 7.21. The maximum absolute atomic E-state index is 4.19. The summed E-state index contributed by atoms with van der Waals surface area (Å²) in [7, 11) is 1.92. The van der Waals surface area contributed by atoms with E-state index in [1.165, 1.54) is 9.75 Å². The molecule has 0 bridgehead atoms. The Labute approximate surface area is 97.2 Å². The molecule has 3 nitrogen and oxygen atoms in total. The third kappa shape index (κ3) is 2.42. The molecule has 0 spiro atoms. The van der Waals surface area contributed by atoms with Gasteiger partial charge in [-0.2, -0.15) is 0 Å². The molecule has 0 aliphatic carbocycles. The fourth-order valence-corrected chi connectivity index (χ4v) is 3.11. The van der Waals surface area contributed by atoms with Crippen molar-refractivity contribution >= 4 is 22.7 Å². The average Bonchev–Trinajstić information content (AvgIpc) is 2.85. The molecule has 5 heteroatoms. The van der Waals surface area contributed by atoms with E-state index in [1.807, 2.05) is 7.05 Å². The molecule has 0 amide bonds. The van der Waals surface area contributed by atoms with Crippen molar-refractivity contribution in [3.63, 3.8) is 0 Å². The van der Waals surface area contributed by atoms with Gasteiger partial charge in [-0.05, 0) is 25.6 Å². The Balaban J connectivity index is 2.21. The van der Waals surface area contributed by atoms with Gasteiger partial charge in [0.2, 0.25) is 0 Å². The van der Waals surface area contributed by atoms with E-state index in [9.17, 15) is 0 Å². The van der Waals surface area contributed by atoms with Gasteiger partial charge in [-0.15, -0.1) is 21.5 Å². The van der Waals surface area contributed by atoms with Crippen LogP contribution in [-0.2, 0) is 13.0 Å². The zero-order valence-corrected chi connectivity index (χ0v) is 10.4. The van der Waals surface area contributed by atoms with Gasteiger partial charge in [0.15, 0.2) is 5.01 Å². The van der Waals surface area contributed by atoms with Crippen molar-refractivity contribution in [1.29, 1.82) is 0 Å². The molecule has 2 rings (SSSR count). The maximum Gasteiger partial charge on any atom is 0.157 e. The monoisotopic (exact) mass is 239 g/mol. The molecule has 2 aromatic heterocycles. The van der Waals surface area contributed by atoms with Crippen LogP contribution in [0.15, 0.2) is 12.1 Å². The van der Waals surface area contributed by atoms with Crippen LogP contribution >= 0.6 is 22.7 Å². The Hall–Kier alpha value is -0.780. The summed E-state index contributed by atoms with van der Waals surface area (Å²) < 4.78 is 0. The molecule has 0 radical (unpaired) electrons. The van der Waals surface area contributed by atoms with Crippen molar-refractivity contribution in [3.05, 3.63) is 22.0 Å². The van der Waals surface area contributed by atoms with Crippen molar-refractivity contribution < 1.29 is 0 Å². The number of aromatic nitrogens is 2. The van der Waals surface area contributed by atoms with Gasteiger partial charge in [0, 0.05) is 11.4 Å². The molecule has 0 fully saturated rings. The van der Waals surface area contributed by atoms with Gasteiger partial charge in [-0.25, -0.2) is 0 Å². The fraction of sp³-hybridized carbons (Fsp3) is 0.400. The molecule has 80 valence electrons. The summed E-state index contributed by atoms with van der Waals surface area (Å²) in [5, 5.41) is 13.5. The molecule has 0 aliphatic rings. The van der Waals surface area contributed by atoms with E-state index in [4.69, 9.17) is 0 Å². The normalized spacial score (nSPS) is 10.8. The molecule has 0 saturated heterocycles. The molecule has 0 aromatic carbocycles. The van der Waals surface area contributed by atoms with Crippen molar-refractivity contribution in [1.82, 2.24) is 15.5 Å². The van der Waals surface area contributed by atoms with Crippen LogP contribution in [0.1, 0.15) is 16.8 Å². The first kappa shape index (κ1) is 10.7. The second kappa shape index (κ2) is 4.83. The molecular weight excluding hydrogens is 226 g/mol. The molecule has 0 saturated carbocycles. The zero-order valence-electron chi connectivity index (χ0n) is 8.78. The minimum atomic E-state index is 0.795. The first-order valence-electron chi connectivity index (χ1n) is 4.89. The van der Waals surface area contributed by atoms with E-state index >= 15 is 0 Å². The smallest absolute Gasteiger partial charge is 0.157 e. The largest absolute Gasteiger partial charge is 0.313 e. The van der Waals surface area contributed by atoms with E-state index in [0.29, 0.717) is 0 Å². The quantitative estimate of drug-likeness (QED) is 0.891. The number of thiophene rings is 1. The highest BCUT2D eigenvalue weighted by Crippen LogP contribution is 2.30. The molecular formula is C10H13N3S2. The fourth-order valence-electron chi connectivity index (χ4n) is 1.26. The summed E-state index contributed by atoms with van der Waals surface area (Å²) in [5.41, 5.74) is 0. The van der Waals surface area contributed by atoms with Crippen LogP contribution in [0.2, 0.25) is 0 Å².